The summed E-state index contributed by atoms with van der Waals surface area (Å²) in [5.41, 5.74) is 2.38. The molecule has 120 valence electrons. The molecule has 1 aliphatic rings. The van der Waals surface area contributed by atoms with E-state index in [0.717, 1.165) is 50.9 Å². The lowest BCUT2D eigenvalue weighted by atomic mass is 10.2. The largest absolute Gasteiger partial charge is 0.379 e. The number of aryl methyl sites for hydroxylation is 1. The summed E-state index contributed by atoms with van der Waals surface area (Å²) in [6, 6.07) is 6.82. The minimum Gasteiger partial charge on any atom is -0.379 e. The minimum atomic E-state index is 0.545. The summed E-state index contributed by atoms with van der Waals surface area (Å²) in [6.45, 7) is 10.1. The second kappa shape index (κ2) is 6.77. The normalized spacial score (nSPS) is 18.2. The van der Waals surface area contributed by atoms with Gasteiger partial charge in [-0.05, 0) is 33.0 Å². The molecule has 1 aliphatic heterocycles. The predicted octanol–water partition coefficient (Wildman–Crippen LogP) is 1.80. The van der Waals surface area contributed by atoms with E-state index in [1.165, 1.54) is 5.52 Å². The van der Waals surface area contributed by atoms with Gasteiger partial charge in [-0.2, -0.15) is 0 Å². The summed E-state index contributed by atoms with van der Waals surface area (Å²) < 4.78 is 7.59. The Kier molecular flexibility index (Phi) is 4.76. The van der Waals surface area contributed by atoms with Gasteiger partial charge in [0.1, 0.15) is 5.82 Å². The molecule has 5 nitrogen and oxygen atoms in total. The maximum absolute atomic E-state index is 5.43. The Hall–Kier alpha value is -1.43. The maximum Gasteiger partial charge on any atom is 0.110 e. The number of pyridine rings is 1. The highest BCUT2D eigenvalue weighted by molar-refractivity contribution is 5.52. The quantitative estimate of drug-likeness (QED) is 0.843. The second-order valence-electron chi connectivity index (χ2n) is 6.26. The van der Waals surface area contributed by atoms with E-state index in [1.54, 1.807) is 0 Å². The summed E-state index contributed by atoms with van der Waals surface area (Å²) in [6.07, 6.45) is 2.08. The number of likely N-dealkylation sites (N-methyl/N-ethyl adjacent to an activating group) is 1. The Morgan fingerprint density at radius 2 is 2.09 bits per heavy atom. The van der Waals surface area contributed by atoms with Crippen LogP contribution in [0.25, 0.3) is 5.52 Å². The van der Waals surface area contributed by atoms with Gasteiger partial charge in [0, 0.05) is 38.4 Å². The Balaban J connectivity index is 1.64. The van der Waals surface area contributed by atoms with E-state index >= 15 is 0 Å². The van der Waals surface area contributed by atoms with Gasteiger partial charge in [-0.1, -0.05) is 6.07 Å². The highest BCUT2D eigenvalue weighted by Gasteiger charge is 2.19. The monoisotopic (exact) mass is 302 g/mol. The first-order chi connectivity index (χ1) is 10.6. The summed E-state index contributed by atoms with van der Waals surface area (Å²) >= 11 is 0. The van der Waals surface area contributed by atoms with E-state index in [0.29, 0.717) is 6.04 Å². The van der Waals surface area contributed by atoms with E-state index in [1.807, 2.05) is 0 Å². The van der Waals surface area contributed by atoms with Crippen molar-refractivity contribution in [2.45, 2.75) is 26.4 Å². The van der Waals surface area contributed by atoms with E-state index in [2.05, 4.69) is 59.5 Å². The van der Waals surface area contributed by atoms with E-state index in [9.17, 15) is 0 Å². The first-order valence-electron chi connectivity index (χ1n) is 8.08. The van der Waals surface area contributed by atoms with Crippen molar-refractivity contribution < 1.29 is 4.74 Å². The van der Waals surface area contributed by atoms with Crippen molar-refractivity contribution in [3.8, 4) is 0 Å². The van der Waals surface area contributed by atoms with Crippen LogP contribution >= 0.6 is 0 Å². The van der Waals surface area contributed by atoms with Gasteiger partial charge in [0.25, 0.3) is 0 Å². The molecule has 0 spiro atoms. The Bertz CT molecular complexity index is 618. The molecule has 0 bridgehead atoms. The number of rotatable bonds is 5. The number of aromatic nitrogens is 2. The Labute approximate surface area is 132 Å². The molecule has 0 amide bonds. The van der Waals surface area contributed by atoms with Crippen LogP contribution in [0.5, 0.6) is 0 Å². The zero-order chi connectivity index (χ0) is 15.5. The fraction of sp³-hybridized carbons (Fsp3) is 0.588. The molecule has 1 saturated heterocycles. The number of hydrogen-bond donors (Lipinski definition) is 0. The fourth-order valence-electron chi connectivity index (χ4n) is 3.29. The first kappa shape index (κ1) is 15.5. The molecule has 0 N–H and O–H groups in total. The standard InChI is InChI=1S/C17H26N4O/c1-14(20-8-10-22-11-9-20)12-19(3)13-16-17-6-4-5-7-21(17)15(2)18-16/h4-7,14H,8-13H2,1-3H3/t14-/m1/s1. The van der Waals surface area contributed by atoms with Gasteiger partial charge < -0.3 is 9.14 Å². The van der Waals surface area contributed by atoms with Gasteiger partial charge in [-0.3, -0.25) is 9.80 Å². The minimum absolute atomic E-state index is 0.545. The molecule has 22 heavy (non-hydrogen) atoms. The van der Waals surface area contributed by atoms with Crippen molar-refractivity contribution >= 4 is 5.52 Å². The number of imidazole rings is 1. The van der Waals surface area contributed by atoms with Crippen molar-refractivity contribution in [2.75, 3.05) is 39.9 Å². The fourth-order valence-corrected chi connectivity index (χ4v) is 3.29. The third-order valence-electron chi connectivity index (χ3n) is 4.47. The van der Waals surface area contributed by atoms with Crippen LogP contribution in [0.3, 0.4) is 0 Å². The summed E-state index contributed by atoms with van der Waals surface area (Å²) in [4.78, 5) is 9.62. The second-order valence-corrected chi connectivity index (χ2v) is 6.26. The molecule has 5 heteroatoms. The number of ether oxygens (including phenoxy) is 1. The van der Waals surface area contributed by atoms with E-state index in [-0.39, 0.29) is 0 Å². The van der Waals surface area contributed by atoms with Crippen LogP contribution in [0.15, 0.2) is 24.4 Å². The molecular weight excluding hydrogens is 276 g/mol. The molecule has 0 aromatic carbocycles. The number of nitrogens with zero attached hydrogens (tertiary/aromatic N) is 4. The zero-order valence-corrected chi connectivity index (χ0v) is 13.8. The summed E-state index contributed by atoms with van der Waals surface area (Å²) in [5, 5.41) is 0. The van der Waals surface area contributed by atoms with Gasteiger partial charge in [-0.25, -0.2) is 4.98 Å². The molecule has 1 fully saturated rings. The van der Waals surface area contributed by atoms with Gasteiger partial charge in [-0.15, -0.1) is 0 Å². The molecule has 0 unspecified atom stereocenters. The van der Waals surface area contributed by atoms with Gasteiger partial charge in [0.2, 0.25) is 0 Å². The molecule has 1 atom stereocenters. The van der Waals surface area contributed by atoms with Crippen LogP contribution in [0.2, 0.25) is 0 Å². The lowest BCUT2D eigenvalue weighted by Crippen LogP contribution is -2.46. The maximum atomic E-state index is 5.43. The summed E-state index contributed by atoms with van der Waals surface area (Å²) in [7, 11) is 2.18. The topological polar surface area (TPSA) is 33.0 Å². The van der Waals surface area contributed by atoms with E-state index in [4.69, 9.17) is 9.72 Å². The molecule has 0 saturated carbocycles. The highest BCUT2D eigenvalue weighted by atomic mass is 16.5. The van der Waals surface area contributed by atoms with Crippen LogP contribution in [0.1, 0.15) is 18.4 Å². The van der Waals surface area contributed by atoms with Crippen LogP contribution < -0.4 is 0 Å². The lowest BCUT2D eigenvalue weighted by Gasteiger charge is -2.34. The SMILES string of the molecule is Cc1nc(CN(C)C[C@@H](C)N2CCOCC2)c2ccccn12. The van der Waals surface area contributed by atoms with Gasteiger partial charge in [0.05, 0.1) is 24.4 Å². The number of morpholine rings is 1. The van der Waals surface area contributed by atoms with E-state index < -0.39 is 0 Å². The van der Waals surface area contributed by atoms with Gasteiger partial charge >= 0.3 is 0 Å². The number of fused-ring (bicyclic) bond motifs is 1. The smallest absolute Gasteiger partial charge is 0.110 e. The molecule has 3 heterocycles. The molecule has 3 rings (SSSR count). The van der Waals surface area contributed by atoms with Crippen molar-refractivity contribution in [2.24, 2.45) is 0 Å². The average Bonchev–Trinajstić information content (AvgIpc) is 2.85. The third-order valence-corrected chi connectivity index (χ3v) is 4.47. The van der Waals surface area contributed by atoms with Crippen molar-refractivity contribution in [3.63, 3.8) is 0 Å². The Morgan fingerprint density at radius 3 is 2.86 bits per heavy atom. The van der Waals surface area contributed by atoms with Crippen LogP contribution in [0.4, 0.5) is 0 Å². The molecule has 0 aliphatic carbocycles. The molecular formula is C17H26N4O. The van der Waals surface area contributed by atoms with Crippen molar-refractivity contribution in [1.82, 2.24) is 19.2 Å². The molecule has 2 aromatic rings. The average molecular weight is 302 g/mol. The molecule has 0 radical (unpaired) electrons. The zero-order valence-electron chi connectivity index (χ0n) is 13.8. The van der Waals surface area contributed by atoms with Crippen molar-refractivity contribution in [1.29, 1.82) is 0 Å². The van der Waals surface area contributed by atoms with Crippen molar-refractivity contribution in [3.05, 3.63) is 35.9 Å². The summed E-state index contributed by atoms with van der Waals surface area (Å²) in [5.74, 6) is 1.06. The number of hydrogen-bond acceptors (Lipinski definition) is 4. The third kappa shape index (κ3) is 3.32. The van der Waals surface area contributed by atoms with Gasteiger partial charge in [0.15, 0.2) is 0 Å². The van der Waals surface area contributed by atoms with Crippen LogP contribution in [-0.2, 0) is 11.3 Å². The Morgan fingerprint density at radius 1 is 1.32 bits per heavy atom. The van der Waals surface area contributed by atoms with Crippen LogP contribution in [0, 0.1) is 6.92 Å². The first-order valence-corrected chi connectivity index (χ1v) is 8.08. The lowest BCUT2D eigenvalue weighted by molar-refractivity contribution is 0.0137. The van der Waals surface area contributed by atoms with Crippen LogP contribution in [-0.4, -0.2) is 65.1 Å². The predicted molar refractivity (Wildman–Crippen MR) is 88.1 cm³/mol. The molecule has 2 aromatic heterocycles. The highest BCUT2D eigenvalue weighted by Crippen LogP contribution is 2.15.